The number of hydrogen-bond donors (Lipinski definition) is 1. The Kier molecular flexibility index (Phi) is 7.52. The van der Waals surface area contributed by atoms with Gasteiger partial charge in [-0.1, -0.05) is 31.9 Å². The molecule has 1 saturated heterocycles. The molecule has 2 aliphatic rings. The number of nitrogens with zero attached hydrogens (tertiary/aromatic N) is 1. The molecule has 0 aromatic heterocycles. The molecule has 0 aromatic carbocycles. The Morgan fingerprint density at radius 3 is 2.23 bits per heavy atom. The number of carboxylic acid groups (broad SMARTS) is 1. The summed E-state index contributed by atoms with van der Waals surface area (Å²) in [6.45, 7) is 9.42. The summed E-state index contributed by atoms with van der Waals surface area (Å²) in [5.41, 5.74) is 0.623. The molecule has 1 N–H and O–H groups in total. The molecule has 2 fully saturated rings. The number of allylic oxidation sites excluding steroid dienone is 3. The number of hydrogen-bond acceptors (Lipinski definition) is 3. The molecule has 4 nitrogen and oxygen atoms in total. The van der Waals surface area contributed by atoms with Crippen LogP contribution in [0.5, 0.6) is 0 Å². The molecule has 2 rings (SSSR count). The molecule has 0 aromatic rings. The summed E-state index contributed by atoms with van der Waals surface area (Å²) >= 11 is 0. The highest BCUT2D eigenvalue weighted by Gasteiger charge is 2.43. The van der Waals surface area contributed by atoms with Gasteiger partial charge in [-0.05, 0) is 51.1 Å². The third kappa shape index (κ3) is 5.41. The summed E-state index contributed by atoms with van der Waals surface area (Å²) in [5.74, 6) is -1.62. The lowest BCUT2D eigenvalue weighted by Crippen LogP contribution is -2.54. The number of carbonyl (C=O) groups is 2. The third-order valence-corrected chi connectivity index (χ3v) is 4.39. The number of carboxylic acids is 1. The molecule has 1 aliphatic heterocycles. The molecule has 1 heterocycles. The quantitative estimate of drug-likeness (QED) is 0.366. The summed E-state index contributed by atoms with van der Waals surface area (Å²) in [4.78, 5) is 23.5. The molecule has 1 spiro atoms. The van der Waals surface area contributed by atoms with Crippen molar-refractivity contribution in [1.82, 2.24) is 4.90 Å². The van der Waals surface area contributed by atoms with Gasteiger partial charge in [0.25, 0.3) is 0 Å². The van der Waals surface area contributed by atoms with Gasteiger partial charge in [0, 0.05) is 13.1 Å². The van der Waals surface area contributed by atoms with Crippen LogP contribution in [0.25, 0.3) is 0 Å². The van der Waals surface area contributed by atoms with Crippen LogP contribution in [-0.4, -0.2) is 41.4 Å². The van der Waals surface area contributed by atoms with E-state index in [1.165, 1.54) is 70.8 Å². The van der Waals surface area contributed by atoms with Crippen LogP contribution in [0, 0.1) is 5.41 Å². The van der Waals surface area contributed by atoms with Crippen LogP contribution in [0.3, 0.4) is 0 Å². The molecule has 124 valence electrons. The van der Waals surface area contributed by atoms with Crippen LogP contribution in [0.2, 0.25) is 0 Å². The summed E-state index contributed by atoms with van der Waals surface area (Å²) < 4.78 is 0. The van der Waals surface area contributed by atoms with E-state index in [9.17, 15) is 9.59 Å². The second-order valence-electron chi connectivity index (χ2n) is 6.39. The van der Waals surface area contributed by atoms with E-state index in [1.54, 1.807) is 13.0 Å². The van der Waals surface area contributed by atoms with Crippen LogP contribution < -0.4 is 0 Å². The Morgan fingerprint density at radius 2 is 1.82 bits per heavy atom. The van der Waals surface area contributed by atoms with Crippen LogP contribution in [0.1, 0.15) is 52.9 Å². The predicted molar refractivity (Wildman–Crippen MR) is 88.8 cm³/mol. The van der Waals surface area contributed by atoms with Crippen LogP contribution in [0.4, 0.5) is 0 Å². The first kappa shape index (κ1) is 18.6. The zero-order valence-electron chi connectivity index (χ0n) is 14.1. The Labute approximate surface area is 133 Å². The van der Waals surface area contributed by atoms with Crippen molar-refractivity contribution in [3.8, 4) is 0 Å². The summed E-state index contributed by atoms with van der Waals surface area (Å²) in [5, 5.41) is 8.45. The van der Waals surface area contributed by atoms with Crippen molar-refractivity contribution in [2.45, 2.75) is 52.9 Å². The number of likely N-dealkylation sites (tertiary alicyclic amines) is 1. The Bertz CT molecular complexity index is 421. The van der Waals surface area contributed by atoms with E-state index < -0.39 is 11.8 Å². The van der Waals surface area contributed by atoms with Crippen LogP contribution in [-0.2, 0) is 9.59 Å². The first-order valence-electron chi connectivity index (χ1n) is 8.23. The van der Waals surface area contributed by atoms with Crippen molar-refractivity contribution in [1.29, 1.82) is 0 Å². The molecule has 0 atom stereocenters. The largest absolute Gasteiger partial charge is 0.478 e. The number of Topliss-reactive ketones (excluding diaryl/α,β-unsaturated/α-hetero) is 1. The molecule has 0 bridgehead atoms. The first-order valence-corrected chi connectivity index (χ1v) is 8.23. The molecule has 0 unspecified atom stereocenters. The second-order valence-corrected chi connectivity index (χ2v) is 6.39. The molecule has 0 radical (unpaired) electrons. The Balaban J connectivity index is 0.000000220. The summed E-state index contributed by atoms with van der Waals surface area (Å²) in [7, 11) is 0. The minimum Gasteiger partial charge on any atom is -0.478 e. The van der Waals surface area contributed by atoms with Gasteiger partial charge in [-0.15, -0.1) is 0 Å². The zero-order chi connectivity index (χ0) is 16.6. The van der Waals surface area contributed by atoms with Crippen LogP contribution >= 0.6 is 0 Å². The van der Waals surface area contributed by atoms with E-state index in [1.807, 2.05) is 0 Å². The predicted octanol–water partition coefficient (Wildman–Crippen LogP) is 3.43. The van der Waals surface area contributed by atoms with E-state index in [4.69, 9.17) is 5.11 Å². The maximum absolute atomic E-state index is 10.6. The average molecular weight is 307 g/mol. The van der Waals surface area contributed by atoms with Gasteiger partial charge in [0.2, 0.25) is 0 Å². The van der Waals surface area contributed by atoms with Gasteiger partial charge in [0.05, 0.1) is 0 Å². The number of ketones is 1. The number of carbonyl (C=O) groups excluding carboxylic acids is 1. The maximum atomic E-state index is 10.6. The molecule has 4 heteroatoms. The van der Waals surface area contributed by atoms with Crippen molar-refractivity contribution >= 4 is 11.8 Å². The van der Waals surface area contributed by atoms with Crippen molar-refractivity contribution < 1.29 is 14.7 Å². The SMILES string of the molecule is C/C=C\C=C(/C(C)=O)C(=O)O.CCCN1CC2(CCCC2)C1. The van der Waals surface area contributed by atoms with Gasteiger partial charge in [-0.2, -0.15) is 0 Å². The minimum atomic E-state index is -1.18. The van der Waals surface area contributed by atoms with Gasteiger partial charge in [0.1, 0.15) is 5.57 Å². The molecular formula is C18H29NO3. The molecular weight excluding hydrogens is 278 g/mol. The summed E-state index contributed by atoms with van der Waals surface area (Å²) in [6, 6.07) is 0. The summed E-state index contributed by atoms with van der Waals surface area (Å²) in [6.07, 6.45) is 11.8. The molecule has 0 amide bonds. The molecule has 1 aliphatic carbocycles. The topological polar surface area (TPSA) is 57.6 Å². The lowest BCUT2D eigenvalue weighted by molar-refractivity contribution is -0.134. The van der Waals surface area contributed by atoms with Gasteiger partial charge in [-0.25, -0.2) is 4.79 Å². The number of rotatable bonds is 5. The van der Waals surface area contributed by atoms with Crippen molar-refractivity contribution in [3.63, 3.8) is 0 Å². The lowest BCUT2D eigenvalue weighted by Gasteiger charge is -2.48. The highest BCUT2D eigenvalue weighted by Crippen LogP contribution is 2.45. The highest BCUT2D eigenvalue weighted by atomic mass is 16.4. The maximum Gasteiger partial charge on any atom is 0.339 e. The second kappa shape index (κ2) is 8.89. The van der Waals surface area contributed by atoms with Crippen molar-refractivity contribution in [2.75, 3.05) is 19.6 Å². The first-order chi connectivity index (χ1) is 10.4. The molecule has 22 heavy (non-hydrogen) atoms. The van der Waals surface area contributed by atoms with E-state index in [0.29, 0.717) is 0 Å². The van der Waals surface area contributed by atoms with E-state index in [0.717, 1.165) is 5.41 Å². The minimum absolute atomic E-state index is 0.192. The normalized spacial score (nSPS) is 20.6. The standard InChI is InChI=1S/C10H19N.C8H10O3/c1-2-7-11-8-10(9-11)5-3-4-6-10;1-3-4-5-7(6(2)9)8(10)11/h2-9H2,1H3;3-5H,1-2H3,(H,10,11)/b;4-3-,7-5+. The monoisotopic (exact) mass is 307 g/mol. The zero-order valence-corrected chi connectivity index (χ0v) is 14.1. The average Bonchev–Trinajstić information content (AvgIpc) is 2.88. The van der Waals surface area contributed by atoms with Crippen molar-refractivity contribution in [3.05, 3.63) is 23.8 Å². The number of aliphatic carboxylic acids is 1. The highest BCUT2D eigenvalue weighted by molar-refractivity contribution is 6.15. The Morgan fingerprint density at radius 1 is 1.23 bits per heavy atom. The van der Waals surface area contributed by atoms with Gasteiger partial charge in [-0.3, -0.25) is 4.79 Å². The molecule has 1 saturated carbocycles. The van der Waals surface area contributed by atoms with E-state index >= 15 is 0 Å². The lowest BCUT2D eigenvalue weighted by atomic mass is 9.78. The fraction of sp³-hybridized carbons (Fsp3) is 0.667. The smallest absolute Gasteiger partial charge is 0.339 e. The van der Waals surface area contributed by atoms with Gasteiger partial charge >= 0.3 is 5.97 Å². The fourth-order valence-electron chi connectivity index (χ4n) is 3.35. The third-order valence-electron chi connectivity index (χ3n) is 4.39. The van der Waals surface area contributed by atoms with Gasteiger partial charge < -0.3 is 10.0 Å². The van der Waals surface area contributed by atoms with Crippen molar-refractivity contribution in [2.24, 2.45) is 5.41 Å². The van der Waals surface area contributed by atoms with E-state index in [-0.39, 0.29) is 5.57 Å². The van der Waals surface area contributed by atoms with E-state index in [2.05, 4.69) is 11.8 Å². The fourth-order valence-corrected chi connectivity index (χ4v) is 3.35. The Hall–Kier alpha value is -1.42. The van der Waals surface area contributed by atoms with Gasteiger partial charge in [0.15, 0.2) is 5.78 Å². The van der Waals surface area contributed by atoms with Crippen LogP contribution in [0.15, 0.2) is 23.8 Å².